The summed E-state index contributed by atoms with van der Waals surface area (Å²) in [5.41, 5.74) is 2.71. The van der Waals surface area contributed by atoms with Crippen molar-refractivity contribution in [3.05, 3.63) is 94.3 Å². The van der Waals surface area contributed by atoms with Crippen molar-refractivity contribution in [2.24, 2.45) is 0 Å². The van der Waals surface area contributed by atoms with Gasteiger partial charge in [-0.3, -0.25) is 9.48 Å². The number of hydrogen-bond donors (Lipinski definition) is 1. The Kier molecular flexibility index (Phi) is 6.23. The first-order valence-corrected chi connectivity index (χ1v) is 10.3. The average molecular weight is 454 g/mol. The molecule has 7 nitrogen and oxygen atoms in total. The third-order valence-electron chi connectivity index (χ3n) is 4.95. The number of amides is 1. The molecule has 0 fully saturated rings. The van der Waals surface area contributed by atoms with Gasteiger partial charge in [-0.15, -0.1) is 0 Å². The Morgan fingerprint density at radius 1 is 1.09 bits per heavy atom. The number of ether oxygens (including phenoxy) is 1. The summed E-state index contributed by atoms with van der Waals surface area (Å²) in [6.07, 6.45) is 1.66. The molecule has 2 aromatic heterocycles. The molecule has 0 unspecified atom stereocenters. The van der Waals surface area contributed by atoms with Crippen LogP contribution in [0.5, 0.6) is 5.75 Å². The zero-order chi connectivity index (χ0) is 22.7. The Morgan fingerprint density at radius 2 is 1.84 bits per heavy atom. The Hall–Kier alpha value is -3.65. The van der Waals surface area contributed by atoms with E-state index in [1.54, 1.807) is 66.3 Å². The van der Waals surface area contributed by atoms with Crippen LogP contribution in [0.4, 0.5) is 10.1 Å². The second-order valence-electron chi connectivity index (χ2n) is 7.22. The fourth-order valence-corrected chi connectivity index (χ4v) is 3.35. The molecule has 9 heteroatoms. The number of anilines is 1. The van der Waals surface area contributed by atoms with Crippen LogP contribution in [-0.4, -0.2) is 25.5 Å². The summed E-state index contributed by atoms with van der Waals surface area (Å²) in [4.78, 5) is 12.7. The van der Waals surface area contributed by atoms with Crippen LogP contribution in [0.15, 0.2) is 60.8 Å². The number of rotatable bonds is 7. The highest BCUT2D eigenvalue weighted by Crippen LogP contribution is 2.22. The van der Waals surface area contributed by atoms with E-state index in [0.29, 0.717) is 27.7 Å². The molecule has 2 heterocycles. The average Bonchev–Trinajstić information content (AvgIpc) is 3.35. The van der Waals surface area contributed by atoms with Gasteiger partial charge in [0.2, 0.25) is 0 Å². The van der Waals surface area contributed by atoms with Gasteiger partial charge in [0.05, 0.1) is 23.6 Å². The molecule has 0 saturated heterocycles. The molecule has 32 heavy (non-hydrogen) atoms. The van der Waals surface area contributed by atoms with Crippen LogP contribution in [0.2, 0.25) is 5.02 Å². The Morgan fingerprint density at radius 3 is 2.59 bits per heavy atom. The quantitative estimate of drug-likeness (QED) is 0.435. The van der Waals surface area contributed by atoms with Gasteiger partial charge in [-0.05, 0) is 50.2 Å². The highest BCUT2D eigenvalue weighted by molar-refractivity contribution is 6.30. The summed E-state index contributed by atoms with van der Waals surface area (Å²) >= 11 is 5.86. The third kappa shape index (κ3) is 4.81. The summed E-state index contributed by atoms with van der Waals surface area (Å²) in [5, 5.41) is 12.2. The summed E-state index contributed by atoms with van der Waals surface area (Å²) in [7, 11) is 0. The summed E-state index contributed by atoms with van der Waals surface area (Å²) < 4.78 is 22.8. The highest BCUT2D eigenvalue weighted by atomic mass is 35.5. The number of nitrogens with zero attached hydrogens (tertiary/aromatic N) is 4. The molecule has 0 aliphatic rings. The first kappa shape index (κ1) is 21.6. The lowest BCUT2D eigenvalue weighted by molar-refractivity contribution is 0.102. The summed E-state index contributed by atoms with van der Waals surface area (Å²) in [6.45, 7) is 4.04. The number of carbonyl (C=O) groups is 1. The SMILES string of the molecule is Cc1nn(Cc2ccccc2F)c(C)c1NC(=O)c1ccn(COc2ccc(Cl)cc2)n1. The first-order valence-electron chi connectivity index (χ1n) is 9.91. The van der Waals surface area contributed by atoms with Crippen molar-refractivity contribution in [1.29, 1.82) is 0 Å². The molecule has 164 valence electrons. The van der Waals surface area contributed by atoms with E-state index in [2.05, 4.69) is 15.5 Å². The largest absolute Gasteiger partial charge is 0.471 e. The van der Waals surface area contributed by atoms with E-state index in [0.717, 1.165) is 5.69 Å². The van der Waals surface area contributed by atoms with Gasteiger partial charge in [0.25, 0.3) is 5.91 Å². The maximum absolute atomic E-state index is 14.0. The van der Waals surface area contributed by atoms with Gasteiger partial charge in [0.15, 0.2) is 12.4 Å². The van der Waals surface area contributed by atoms with Crippen molar-refractivity contribution < 1.29 is 13.9 Å². The van der Waals surface area contributed by atoms with Gasteiger partial charge in [-0.2, -0.15) is 10.2 Å². The first-order chi connectivity index (χ1) is 15.4. The number of aryl methyl sites for hydroxylation is 1. The second kappa shape index (κ2) is 9.23. The van der Waals surface area contributed by atoms with Gasteiger partial charge in [0.1, 0.15) is 11.6 Å². The molecule has 0 saturated carbocycles. The fourth-order valence-electron chi connectivity index (χ4n) is 3.22. The number of hydrogen-bond acceptors (Lipinski definition) is 4. The van der Waals surface area contributed by atoms with Crippen LogP contribution in [0.1, 0.15) is 27.4 Å². The minimum atomic E-state index is -0.369. The van der Waals surface area contributed by atoms with Crippen molar-refractivity contribution in [2.75, 3.05) is 5.32 Å². The molecule has 0 aliphatic heterocycles. The molecule has 1 N–H and O–H groups in total. The van der Waals surface area contributed by atoms with Crippen LogP contribution in [0, 0.1) is 19.7 Å². The molecular formula is C23H21ClFN5O2. The van der Waals surface area contributed by atoms with E-state index in [4.69, 9.17) is 16.3 Å². The molecule has 0 aliphatic carbocycles. The minimum Gasteiger partial charge on any atom is -0.471 e. The standard InChI is InChI=1S/C23H21ClFN5O2/c1-15-22(16(2)30(27-15)13-17-5-3-4-6-20(17)25)26-23(31)21-11-12-29(28-21)14-32-19-9-7-18(24)8-10-19/h3-12H,13-14H2,1-2H3,(H,26,31). The van der Waals surface area contributed by atoms with Crippen molar-refractivity contribution >= 4 is 23.2 Å². The molecule has 0 atom stereocenters. The zero-order valence-corrected chi connectivity index (χ0v) is 18.3. The Labute approximate surface area is 189 Å². The maximum Gasteiger partial charge on any atom is 0.276 e. The lowest BCUT2D eigenvalue weighted by atomic mass is 10.2. The van der Waals surface area contributed by atoms with E-state index >= 15 is 0 Å². The minimum absolute atomic E-state index is 0.146. The van der Waals surface area contributed by atoms with Crippen molar-refractivity contribution in [3.8, 4) is 5.75 Å². The van der Waals surface area contributed by atoms with E-state index in [1.807, 2.05) is 6.92 Å². The summed E-state index contributed by atoms with van der Waals surface area (Å²) in [6, 6.07) is 15.1. The number of benzene rings is 2. The molecule has 4 aromatic rings. The Balaban J connectivity index is 1.42. The van der Waals surface area contributed by atoms with E-state index < -0.39 is 0 Å². The van der Waals surface area contributed by atoms with Crippen molar-refractivity contribution in [3.63, 3.8) is 0 Å². The molecule has 0 bridgehead atoms. The fraction of sp³-hybridized carbons (Fsp3) is 0.174. The molecule has 1 amide bonds. The molecule has 0 radical (unpaired) electrons. The van der Waals surface area contributed by atoms with Gasteiger partial charge >= 0.3 is 0 Å². The smallest absolute Gasteiger partial charge is 0.276 e. The zero-order valence-electron chi connectivity index (χ0n) is 17.5. The topological polar surface area (TPSA) is 74.0 Å². The third-order valence-corrected chi connectivity index (χ3v) is 5.20. The van der Waals surface area contributed by atoms with Crippen molar-refractivity contribution in [2.45, 2.75) is 27.1 Å². The van der Waals surface area contributed by atoms with Crippen LogP contribution in [0.25, 0.3) is 0 Å². The van der Waals surface area contributed by atoms with Gasteiger partial charge < -0.3 is 10.1 Å². The van der Waals surface area contributed by atoms with Crippen LogP contribution in [0.3, 0.4) is 0 Å². The van der Waals surface area contributed by atoms with Crippen LogP contribution < -0.4 is 10.1 Å². The number of nitrogens with one attached hydrogen (secondary N) is 1. The Bertz CT molecular complexity index is 1250. The predicted octanol–water partition coefficient (Wildman–Crippen LogP) is 4.83. The maximum atomic E-state index is 14.0. The molecular weight excluding hydrogens is 433 g/mol. The monoisotopic (exact) mass is 453 g/mol. The second-order valence-corrected chi connectivity index (χ2v) is 7.65. The normalized spacial score (nSPS) is 10.9. The van der Waals surface area contributed by atoms with E-state index in [9.17, 15) is 9.18 Å². The molecule has 4 rings (SSSR count). The number of halogens is 2. The molecule has 2 aromatic carbocycles. The van der Waals surface area contributed by atoms with E-state index in [1.165, 1.54) is 10.7 Å². The number of carbonyl (C=O) groups excluding carboxylic acids is 1. The van der Waals surface area contributed by atoms with Gasteiger partial charge in [-0.25, -0.2) is 9.07 Å². The van der Waals surface area contributed by atoms with Gasteiger partial charge in [-0.1, -0.05) is 29.8 Å². The highest BCUT2D eigenvalue weighted by Gasteiger charge is 2.17. The van der Waals surface area contributed by atoms with Crippen molar-refractivity contribution in [1.82, 2.24) is 19.6 Å². The van der Waals surface area contributed by atoms with Crippen LogP contribution >= 0.6 is 11.6 Å². The van der Waals surface area contributed by atoms with Gasteiger partial charge in [0, 0.05) is 16.8 Å². The number of aromatic nitrogens is 4. The predicted molar refractivity (Wildman–Crippen MR) is 119 cm³/mol. The lowest BCUT2D eigenvalue weighted by Gasteiger charge is -2.07. The van der Waals surface area contributed by atoms with E-state index in [-0.39, 0.29) is 30.7 Å². The lowest BCUT2D eigenvalue weighted by Crippen LogP contribution is -2.15. The molecule has 0 spiro atoms. The summed E-state index contributed by atoms with van der Waals surface area (Å²) in [5.74, 6) is -0.0201. The van der Waals surface area contributed by atoms with Crippen LogP contribution in [-0.2, 0) is 13.3 Å².